The fourth-order valence-corrected chi connectivity index (χ4v) is 1.85. The summed E-state index contributed by atoms with van der Waals surface area (Å²) >= 11 is 0. The van der Waals surface area contributed by atoms with Gasteiger partial charge in [-0.2, -0.15) is 4.98 Å². The first-order valence-electron chi connectivity index (χ1n) is 5.13. The average molecular weight is 234 g/mol. The number of hydrogen-bond acceptors (Lipinski definition) is 4. The van der Waals surface area contributed by atoms with Crippen molar-refractivity contribution in [3.63, 3.8) is 0 Å². The van der Waals surface area contributed by atoms with Crippen molar-refractivity contribution in [3.05, 3.63) is 30.3 Å². The zero-order valence-electron chi connectivity index (χ0n) is 9.60. The number of benzene rings is 1. The summed E-state index contributed by atoms with van der Waals surface area (Å²) in [6.45, 7) is 6.22. The lowest BCUT2D eigenvalue weighted by Gasteiger charge is -2.14. The molecule has 1 aromatic heterocycles. The molecule has 0 amide bonds. The largest absolute Gasteiger partial charge is 0.516 e. The molecule has 0 N–H and O–H groups in total. The molecule has 0 saturated heterocycles. The van der Waals surface area contributed by atoms with E-state index in [0.29, 0.717) is 11.9 Å². The molecule has 16 heavy (non-hydrogen) atoms. The van der Waals surface area contributed by atoms with Crippen molar-refractivity contribution < 1.29 is 8.95 Å². The van der Waals surface area contributed by atoms with E-state index in [0.717, 1.165) is 5.56 Å². The van der Waals surface area contributed by atoms with Gasteiger partial charge < -0.3 is 8.95 Å². The van der Waals surface area contributed by atoms with Crippen molar-refractivity contribution in [2.75, 3.05) is 0 Å². The second-order valence-corrected chi connectivity index (χ2v) is 8.89. The Kier molecular flexibility index (Phi) is 2.78. The van der Waals surface area contributed by atoms with Gasteiger partial charge in [0.15, 0.2) is 0 Å². The van der Waals surface area contributed by atoms with Gasteiger partial charge in [0, 0.05) is 5.56 Å². The van der Waals surface area contributed by atoms with Gasteiger partial charge in [-0.25, -0.2) is 0 Å². The highest BCUT2D eigenvalue weighted by molar-refractivity contribution is 6.70. The maximum Gasteiger partial charge on any atom is 0.340 e. The number of rotatable bonds is 3. The molecular formula is C11H14N2O2Si. The van der Waals surface area contributed by atoms with Crippen molar-refractivity contribution in [2.24, 2.45) is 0 Å². The van der Waals surface area contributed by atoms with Crippen molar-refractivity contribution in [2.45, 2.75) is 19.6 Å². The Bertz CT molecular complexity index is 462. The molecule has 4 nitrogen and oxygen atoms in total. The molecule has 0 bridgehead atoms. The van der Waals surface area contributed by atoms with Crippen LogP contribution in [0.4, 0.5) is 0 Å². The van der Waals surface area contributed by atoms with Crippen LogP contribution in [0, 0.1) is 0 Å². The monoisotopic (exact) mass is 234 g/mol. The van der Waals surface area contributed by atoms with Crippen LogP contribution < -0.4 is 4.43 Å². The van der Waals surface area contributed by atoms with Crippen LogP contribution in [-0.2, 0) is 0 Å². The molecule has 2 aromatic rings. The van der Waals surface area contributed by atoms with Gasteiger partial charge in [0.05, 0.1) is 0 Å². The Morgan fingerprint density at radius 1 is 1.12 bits per heavy atom. The zero-order valence-corrected chi connectivity index (χ0v) is 10.6. The smallest absolute Gasteiger partial charge is 0.340 e. The van der Waals surface area contributed by atoms with Crippen molar-refractivity contribution >= 4 is 8.32 Å². The topological polar surface area (TPSA) is 48.2 Å². The van der Waals surface area contributed by atoms with Gasteiger partial charge in [0.2, 0.25) is 8.32 Å². The van der Waals surface area contributed by atoms with Crippen LogP contribution >= 0.6 is 0 Å². The Labute approximate surface area is 95.4 Å². The van der Waals surface area contributed by atoms with E-state index >= 15 is 0 Å². The molecule has 0 radical (unpaired) electrons. The summed E-state index contributed by atoms with van der Waals surface area (Å²) in [7, 11) is -1.67. The fourth-order valence-electron chi connectivity index (χ4n) is 1.22. The van der Waals surface area contributed by atoms with E-state index in [4.69, 9.17) is 8.95 Å². The molecule has 0 aliphatic carbocycles. The molecule has 2 rings (SSSR count). The molecule has 1 heterocycles. The van der Waals surface area contributed by atoms with Crippen molar-refractivity contribution in [1.82, 2.24) is 10.1 Å². The Balaban J connectivity index is 2.21. The standard InChI is InChI=1S/C11H14N2O2Si/c1-16(2,3)15-11-12-10(14-13-11)9-7-5-4-6-8-9/h4-8H,1-3H3. The van der Waals surface area contributed by atoms with E-state index in [1.807, 2.05) is 30.3 Å². The summed E-state index contributed by atoms with van der Waals surface area (Å²) < 4.78 is 10.8. The predicted molar refractivity (Wildman–Crippen MR) is 63.7 cm³/mol. The fraction of sp³-hybridized carbons (Fsp3) is 0.273. The minimum atomic E-state index is -1.67. The van der Waals surface area contributed by atoms with Gasteiger partial charge >= 0.3 is 6.01 Å². The van der Waals surface area contributed by atoms with Crippen LogP contribution in [0.5, 0.6) is 6.01 Å². The second-order valence-electron chi connectivity index (χ2n) is 4.46. The lowest BCUT2D eigenvalue weighted by atomic mass is 10.2. The minimum Gasteiger partial charge on any atom is -0.516 e. The Hall–Kier alpha value is -1.62. The average Bonchev–Trinajstić information content (AvgIpc) is 2.65. The summed E-state index contributed by atoms with van der Waals surface area (Å²) in [5.74, 6) is 0.494. The highest BCUT2D eigenvalue weighted by Crippen LogP contribution is 2.20. The lowest BCUT2D eigenvalue weighted by molar-refractivity contribution is 0.393. The van der Waals surface area contributed by atoms with E-state index in [9.17, 15) is 0 Å². The van der Waals surface area contributed by atoms with Gasteiger partial charge in [-0.05, 0) is 36.9 Å². The highest BCUT2D eigenvalue weighted by atomic mass is 28.4. The third-order valence-corrected chi connectivity index (χ3v) is 2.62. The number of aromatic nitrogens is 2. The molecule has 5 heteroatoms. The van der Waals surface area contributed by atoms with Crippen molar-refractivity contribution in [1.29, 1.82) is 0 Å². The lowest BCUT2D eigenvalue weighted by Crippen LogP contribution is -2.29. The minimum absolute atomic E-state index is 0.331. The first-order chi connectivity index (χ1) is 7.54. The molecule has 0 fully saturated rings. The molecule has 1 aromatic carbocycles. The number of nitrogens with zero attached hydrogens (tertiary/aromatic N) is 2. The van der Waals surface area contributed by atoms with Crippen LogP contribution in [0.2, 0.25) is 19.6 Å². The molecule has 0 aliphatic rings. The first kappa shape index (κ1) is 10.9. The van der Waals surface area contributed by atoms with Gasteiger partial charge in [0.1, 0.15) is 0 Å². The van der Waals surface area contributed by atoms with E-state index in [1.54, 1.807) is 0 Å². The SMILES string of the molecule is C[Si](C)(C)Oc1noc(-c2ccccc2)n1. The van der Waals surface area contributed by atoms with Crippen LogP contribution in [0.15, 0.2) is 34.9 Å². The van der Waals surface area contributed by atoms with Gasteiger partial charge in [0.25, 0.3) is 5.89 Å². The van der Waals surface area contributed by atoms with Crippen molar-refractivity contribution in [3.8, 4) is 17.5 Å². The molecular weight excluding hydrogens is 220 g/mol. The Morgan fingerprint density at radius 2 is 1.81 bits per heavy atom. The summed E-state index contributed by atoms with van der Waals surface area (Å²) in [4.78, 5) is 4.20. The predicted octanol–water partition coefficient (Wildman–Crippen LogP) is 2.95. The molecule has 0 aliphatic heterocycles. The molecule has 0 saturated carbocycles. The summed E-state index contributed by atoms with van der Waals surface area (Å²) in [5.41, 5.74) is 0.903. The third kappa shape index (κ3) is 2.70. The first-order valence-corrected chi connectivity index (χ1v) is 8.53. The molecule has 0 unspecified atom stereocenters. The van der Waals surface area contributed by atoms with E-state index in [-0.39, 0.29) is 0 Å². The van der Waals surface area contributed by atoms with E-state index < -0.39 is 8.32 Å². The normalized spacial score (nSPS) is 11.4. The molecule has 84 valence electrons. The Morgan fingerprint density at radius 3 is 2.44 bits per heavy atom. The molecule has 0 spiro atoms. The van der Waals surface area contributed by atoms with E-state index in [1.165, 1.54) is 0 Å². The second kappa shape index (κ2) is 4.09. The zero-order chi connectivity index (χ0) is 11.6. The molecule has 0 atom stereocenters. The number of hydrogen-bond donors (Lipinski definition) is 0. The van der Waals surface area contributed by atoms with Crippen LogP contribution in [0.1, 0.15) is 0 Å². The van der Waals surface area contributed by atoms with Crippen LogP contribution in [-0.4, -0.2) is 18.5 Å². The van der Waals surface area contributed by atoms with Gasteiger partial charge in [-0.3, -0.25) is 0 Å². The highest BCUT2D eigenvalue weighted by Gasteiger charge is 2.20. The summed E-state index contributed by atoms with van der Waals surface area (Å²) in [5, 5.41) is 3.80. The van der Waals surface area contributed by atoms with Gasteiger partial charge in [-0.15, -0.1) is 0 Å². The quantitative estimate of drug-likeness (QED) is 0.766. The maximum absolute atomic E-state index is 5.63. The summed E-state index contributed by atoms with van der Waals surface area (Å²) in [6.07, 6.45) is 0. The van der Waals surface area contributed by atoms with E-state index in [2.05, 4.69) is 29.8 Å². The van der Waals surface area contributed by atoms with Gasteiger partial charge in [-0.1, -0.05) is 18.2 Å². The van der Waals surface area contributed by atoms with Crippen LogP contribution in [0.25, 0.3) is 11.5 Å². The third-order valence-electron chi connectivity index (χ3n) is 1.83. The van der Waals surface area contributed by atoms with Crippen LogP contribution in [0.3, 0.4) is 0 Å². The maximum atomic E-state index is 5.63. The summed E-state index contributed by atoms with van der Waals surface area (Å²) in [6, 6.07) is 9.98.